The Morgan fingerprint density at radius 3 is 1.44 bits per heavy atom. The molecular weight excluding hydrogens is 456 g/mol. The van der Waals surface area contributed by atoms with Crippen molar-refractivity contribution in [2.75, 3.05) is 13.2 Å². The summed E-state index contributed by atoms with van der Waals surface area (Å²) in [4.78, 5) is 37.1. The van der Waals surface area contributed by atoms with E-state index >= 15 is 0 Å². The molecule has 36 heavy (non-hydrogen) atoms. The topological polar surface area (TPSA) is 78.9 Å². The maximum Gasteiger partial charge on any atom is 0.306 e. The molecule has 0 aliphatic rings. The van der Waals surface area contributed by atoms with E-state index in [0.717, 1.165) is 51.4 Å². The summed E-state index contributed by atoms with van der Waals surface area (Å²) in [6, 6.07) is 0. The number of esters is 3. The monoisotopic (exact) mass is 512 g/mol. The summed E-state index contributed by atoms with van der Waals surface area (Å²) in [7, 11) is 0. The first kappa shape index (κ1) is 34.4. The van der Waals surface area contributed by atoms with Crippen LogP contribution in [-0.2, 0) is 28.6 Å². The quantitative estimate of drug-likeness (QED) is 0.0741. The second kappa shape index (κ2) is 23.8. The summed E-state index contributed by atoms with van der Waals surface area (Å²) < 4.78 is 16.6. The van der Waals surface area contributed by atoms with Gasteiger partial charge in [0, 0.05) is 18.8 Å². The summed E-state index contributed by atoms with van der Waals surface area (Å²) in [6.45, 7) is 10.7. The van der Waals surface area contributed by atoms with Gasteiger partial charge >= 0.3 is 17.9 Å². The summed E-state index contributed by atoms with van der Waals surface area (Å²) in [5.41, 5.74) is 0. The van der Waals surface area contributed by atoms with E-state index in [0.29, 0.717) is 12.8 Å². The molecule has 2 unspecified atom stereocenters. The van der Waals surface area contributed by atoms with E-state index in [2.05, 4.69) is 27.7 Å². The highest BCUT2D eigenvalue weighted by molar-refractivity contribution is 5.71. The lowest BCUT2D eigenvalue weighted by molar-refractivity contribution is -0.159. The van der Waals surface area contributed by atoms with Crippen molar-refractivity contribution in [2.45, 2.75) is 150 Å². The van der Waals surface area contributed by atoms with Crippen LogP contribution in [0.3, 0.4) is 0 Å². The van der Waals surface area contributed by atoms with Gasteiger partial charge in [0.05, 0.1) is 19.6 Å². The molecule has 212 valence electrons. The van der Waals surface area contributed by atoms with Crippen LogP contribution in [-0.4, -0.2) is 37.2 Å². The van der Waals surface area contributed by atoms with Crippen LogP contribution in [0, 0.1) is 11.8 Å². The summed E-state index contributed by atoms with van der Waals surface area (Å²) in [5.74, 6) is -0.954. The molecule has 0 rings (SSSR count). The van der Waals surface area contributed by atoms with Gasteiger partial charge in [-0.2, -0.15) is 0 Å². The lowest BCUT2D eigenvalue weighted by atomic mass is 9.99. The van der Waals surface area contributed by atoms with E-state index in [1.54, 1.807) is 0 Å². The van der Waals surface area contributed by atoms with Crippen LogP contribution in [0.2, 0.25) is 0 Å². The second-order valence-electron chi connectivity index (χ2n) is 10.3. The minimum absolute atomic E-state index is 0.0637. The lowest BCUT2D eigenvalue weighted by Crippen LogP contribution is -2.28. The highest BCUT2D eigenvalue weighted by atomic mass is 16.6. The third-order valence-corrected chi connectivity index (χ3v) is 6.85. The molecule has 0 spiro atoms. The third-order valence-electron chi connectivity index (χ3n) is 6.85. The average molecular weight is 513 g/mol. The van der Waals surface area contributed by atoms with Gasteiger partial charge in [-0.25, -0.2) is 0 Å². The van der Waals surface area contributed by atoms with Crippen molar-refractivity contribution in [3.05, 3.63) is 0 Å². The van der Waals surface area contributed by atoms with Gasteiger partial charge in [0.25, 0.3) is 0 Å². The van der Waals surface area contributed by atoms with E-state index in [4.69, 9.17) is 14.2 Å². The molecule has 0 aliphatic heterocycles. The van der Waals surface area contributed by atoms with Crippen LogP contribution in [0.25, 0.3) is 0 Å². The van der Waals surface area contributed by atoms with Crippen LogP contribution in [0.15, 0.2) is 0 Å². The van der Waals surface area contributed by atoms with Crippen molar-refractivity contribution in [3.63, 3.8) is 0 Å². The van der Waals surface area contributed by atoms with Crippen LogP contribution >= 0.6 is 0 Å². The molecule has 6 nitrogen and oxygen atoms in total. The fourth-order valence-corrected chi connectivity index (χ4v) is 4.15. The molecule has 0 amide bonds. The van der Waals surface area contributed by atoms with Crippen LogP contribution in [0.4, 0.5) is 0 Å². The van der Waals surface area contributed by atoms with E-state index in [9.17, 15) is 14.4 Å². The van der Waals surface area contributed by atoms with E-state index in [1.165, 1.54) is 38.5 Å². The highest BCUT2D eigenvalue weighted by Crippen LogP contribution is 2.18. The highest BCUT2D eigenvalue weighted by Gasteiger charge is 2.23. The Kier molecular flexibility index (Phi) is 22.7. The molecule has 0 saturated carbocycles. The van der Waals surface area contributed by atoms with E-state index in [1.807, 2.05) is 6.92 Å². The molecule has 0 fully saturated rings. The zero-order valence-electron chi connectivity index (χ0n) is 24.1. The first-order chi connectivity index (χ1) is 17.4. The van der Waals surface area contributed by atoms with Gasteiger partial charge in [-0.05, 0) is 25.2 Å². The number of hydrogen-bond donors (Lipinski definition) is 0. The minimum Gasteiger partial charge on any atom is -0.465 e. The molecular formula is C30H56O6. The minimum atomic E-state index is -0.394. The maximum atomic E-state index is 12.6. The average Bonchev–Trinajstić information content (AvgIpc) is 2.87. The molecule has 0 bridgehead atoms. The molecule has 0 aromatic rings. The number of hydrogen-bond acceptors (Lipinski definition) is 6. The fraction of sp³-hybridized carbons (Fsp3) is 0.900. The molecule has 0 aromatic carbocycles. The Bertz CT molecular complexity index is 530. The molecule has 2 atom stereocenters. The third kappa shape index (κ3) is 19.6. The van der Waals surface area contributed by atoms with Crippen LogP contribution < -0.4 is 0 Å². The maximum absolute atomic E-state index is 12.6. The smallest absolute Gasteiger partial charge is 0.306 e. The summed E-state index contributed by atoms with van der Waals surface area (Å²) >= 11 is 0. The largest absolute Gasteiger partial charge is 0.465 e. The Hall–Kier alpha value is -1.59. The van der Waals surface area contributed by atoms with Crippen molar-refractivity contribution < 1.29 is 28.6 Å². The molecule has 0 radical (unpaired) electrons. The summed E-state index contributed by atoms with van der Waals surface area (Å²) in [5, 5.41) is 0. The van der Waals surface area contributed by atoms with Crippen LogP contribution in [0.1, 0.15) is 144 Å². The normalized spacial score (nSPS) is 12.8. The zero-order valence-corrected chi connectivity index (χ0v) is 24.1. The number of ether oxygens (including phenoxy) is 3. The van der Waals surface area contributed by atoms with Gasteiger partial charge in [-0.1, -0.05) is 105 Å². The molecule has 6 heteroatoms. The van der Waals surface area contributed by atoms with Crippen molar-refractivity contribution in [2.24, 2.45) is 11.8 Å². The SMILES string of the molecule is CCCCCCCCC(=O)OCC(COC(=O)CCCCCCCC)CC(=O)OC(CC)C(C)CC. The van der Waals surface area contributed by atoms with Crippen molar-refractivity contribution >= 4 is 17.9 Å². The van der Waals surface area contributed by atoms with Gasteiger partial charge < -0.3 is 14.2 Å². The summed E-state index contributed by atoms with van der Waals surface area (Å²) in [6.07, 6.45) is 15.6. The molecule has 0 N–H and O–H groups in total. The van der Waals surface area contributed by atoms with Gasteiger partial charge in [0.15, 0.2) is 0 Å². The molecule has 0 aliphatic carbocycles. The molecule has 0 heterocycles. The van der Waals surface area contributed by atoms with Gasteiger partial charge in [0.2, 0.25) is 0 Å². The number of carbonyl (C=O) groups excluding carboxylic acids is 3. The van der Waals surface area contributed by atoms with Crippen LogP contribution in [0.5, 0.6) is 0 Å². The Morgan fingerprint density at radius 1 is 0.583 bits per heavy atom. The number of unbranched alkanes of at least 4 members (excludes halogenated alkanes) is 10. The van der Waals surface area contributed by atoms with E-state index < -0.39 is 5.92 Å². The van der Waals surface area contributed by atoms with Gasteiger partial charge in [-0.15, -0.1) is 0 Å². The fourth-order valence-electron chi connectivity index (χ4n) is 4.15. The lowest BCUT2D eigenvalue weighted by Gasteiger charge is -2.23. The molecule has 0 aromatic heterocycles. The van der Waals surface area contributed by atoms with Crippen molar-refractivity contribution in [3.8, 4) is 0 Å². The van der Waals surface area contributed by atoms with Gasteiger partial charge in [-0.3, -0.25) is 14.4 Å². The molecule has 0 saturated heterocycles. The van der Waals surface area contributed by atoms with Crippen molar-refractivity contribution in [1.82, 2.24) is 0 Å². The Labute approximate surface area is 221 Å². The zero-order chi connectivity index (χ0) is 27.0. The number of rotatable bonds is 24. The Balaban J connectivity index is 4.61. The first-order valence-corrected chi connectivity index (χ1v) is 14.9. The van der Waals surface area contributed by atoms with Gasteiger partial charge in [0.1, 0.15) is 6.10 Å². The standard InChI is InChI=1S/C30H56O6/c1-6-10-12-14-16-18-20-28(31)34-23-26(22-30(33)36-27(9-4)25(5)8-3)24-35-29(32)21-19-17-15-13-11-7-2/h25-27H,6-24H2,1-5H3. The second-order valence-corrected chi connectivity index (χ2v) is 10.3. The predicted molar refractivity (Wildman–Crippen MR) is 146 cm³/mol. The first-order valence-electron chi connectivity index (χ1n) is 14.9. The Morgan fingerprint density at radius 2 is 1.03 bits per heavy atom. The van der Waals surface area contributed by atoms with Crippen molar-refractivity contribution in [1.29, 1.82) is 0 Å². The number of carbonyl (C=O) groups is 3. The van der Waals surface area contributed by atoms with E-state index in [-0.39, 0.29) is 49.6 Å². The predicted octanol–water partition coefficient (Wildman–Crippen LogP) is 7.95.